The van der Waals surface area contributed by atoms with Crippen LogP contribution in [0.5, 0.6) is 11.5 Å². The Kier molecular flexibility index (Phi) is 7.54. The standard InChI is InChI=1S/C29H31F3N8O3/c1-42-25-18(12-40-15-38-24-26(33)36-14-37-27(24)40)20(39-8-2-7-29(34,13-39)10-22(31)32)11-35-23(25)17-5-6-21(19(30)9-17)43-28(41)16-3-4-16/h5-6,9,11,14-16,22H,2-4,7-8,10,12-13,34H2,1H3,(H2,33,36,37)/t29-/m0/s1. The maximum absolute atomic E-state index is 15.1. The van der Waals surface area contributed by atoms with Crippen LogP contribution < -0.4 is 25.8 Å². The van der Waals surface area contributed by atoms with Crippen LogP contribution in [0.4, 0.5) is 24.7 Å². The van der Waals surface area contributed by atoms with E-state index in [2.05, 4.69) is 19.9 Å². The summed E-state index contributed by atoms with van der Waals surface area (Å²) in [4.78, 5) is 31.4. The van der Waals surface area contributed by atoms with Crippen LogP contribution >= 0.6 is 0 Å². The number of nitrogens with two attached hydrogens (primary N) is 2. The molecule has 14 heteroatoms. The van der Waals surface area contributed by atoms with Gasteiger partial charge in [0.2, 0.25) is 6.43 Å². The van der Waals surface area contributed by atoms with Gasteiger partial charge in [0.1, 0.15) is 17.5 Å². The minimum atomic E-state index is -2.54. The molecule has 11 nitrogen and oxygen atoms in total. The number of carbonyl (C=O) groups excluding carboxylic acids is 1. The number of nitrogen functional groups attached to an aromatic ring is 1. The number of piperidine rings is 1. The molecule has 43 heavy (non-hydrogen) atoms. The van der Waals surface area contributed by atoms with E-state index in [0.29, 0.717) is 58.8 Å². The summed E-state index contributed by atoms with van der Waals surface area (Å²) < 4.78 is 54.9. The Morgan fingerprint density at radius 1 is 1.21 bits per heavy atom. The second-order valence-electron chi connectivity index (χ2n) is 11.1. The van der Waals surface area contributed by atoms with E-state index in [0.717, 1.165) is 12.8 Å². The lowest BCUT2D eigenvalue weighted by molar-refractivity contribution is -0.136. The molecule has 4 N–H and O–H groups in total. The third-order valence-electron chi connectivity index (χ3n) is 7.91. The second kappa shape index (κ2) is 11.3. The highest BCUT2D eigenvalue weighted by Crippen LogP contribution is 2.41. The molecule has 226 valence electrons. The molecule has 0 bridgehead atoms. The van der Waals surface area contributed by atoms with Crippen LogP contribution in [-0.2, 0) is 11.3 Å². The van der Waals surface area contributed by atoms with Gasteiger partial charge in [-0.15, -0.1) is 0 Å². The normalized spacial score (nSPS) is 18.8. The van der Waals surface area contributed by atoms with Gasteiger partial charge in [-0.25, -0.2) is 28.1 Å². The van der Waals surface area contributed by atoms with Crippen LogP contribution in [0.2, 0.25) is 0 Å². The molecular weight excluding hydrogens is 565 g/mol. The number of rotatable bonds is 9. The van der Waals surface area contributed by atoms with Crippen LogP contribution in [0, 0.1) is 11.7 Å². The van der Waals surface area contributed by atoms with Gasteiger partial charge in [0.05, 0.1) is 37.8 Å². The van der Waals surface area contributed by atoms with Crippen molar-refractivity contribution in [3.05, 3.63) is 48.4 Å². The number of esters is 1. The molecule has 6 rings (SSSR count). The molecule has 1 atom stereocenters. The molecule has 1 saturated heterocycles. The maximum atomic E-state index is 15.1. The molecule has 1 aliphatic carbocycles. The molecule has 1 aliphatic heterocycles. The molecule has 1 saturated carbocycles. The molecule has 0 radical (unpaired) electrons. The highest BCUT2D eigenvalue weighted by Gasteiger charge is 2.36. The number of benzene rings is 1. The van der Waals surface area contributed by atoms with Crippen molar-refractivity contribution in [1.29, 1.82) is 0 Å². The number of ether oxygens (including phenoxy) is 2. The predicted molar refractivity (Wildman–Crippen MR) is 152 cm³/mol. The van der Waals surface area contributed by atoms with Gasteiger partial charge in [0.25, 0.3) is 0 Å². The van der Waals surface area contributed by atoms with Gasteiger partial charge < -0.3 is 30.4 Å². The number of alkyl halides is 2. The smallest absolute Gasteiger partial charge is 0.314 e. The van der Waals surface area contributed by atoms with Gasteiger partial charge in [-0.1, -0.05) is 0 Å². The highest BCUT2D eigenvalue weighted by atomic mass is 19.3. The number of hydrogen-bond donors (Lipinski definition) is 2. The second-order valence-corrected chi connectivity index (χ2v) is 11.1. The third-order valence-corrected chi connectivity index (χ3v) is 7.91. The zero-order valence-corrected chi connectivity index (χ0v) is 23.5. The summed E-state index contributed by atoms with van der Waals surface area (Å²) in [5.41, 5.74) is 14.3. The number of anilines is 2. The Balaban J connectivity index is 1.43. The summed E-state index contributed by atoms with van der Waals surface area (Å²) in [6.07, 6.45) is 4.11. The number of fused-ring (bicyclic) bond motifs is 1. The molecule has 2 fully saturated rings. The molecule has 3 aromatic heterocycles. The summed E-state index contributed by atoms with van der Waals surface area (Å²) in [7, 11) is 1.47. The number of nitrogens with zero attached hydrogens (tertiary/aromatic N) is 6. The van der Waals surface area contributed by atoms with Gasteiger partial charge in [-0.05, 0) is 43.9 Å². The van der Waals surface area contributed by atoms with Crippen molar-refractivity contribution >= 4 is 28.6 Å². The number of pyridine rings is 1. The van der Waals surface area contributed by atoms with Crippen molar-refractivity contribution in [1.82, 2.24) is 24.5 Å². The van der Waals surface area contributed by atoms with E-state index in [-0.39, 0.29) is 30.6 Å². The first-order valence-electron chi connectivity index (χ1n) is 14.0. The van der Waals surface area contributed by atoms with E-state index in [9.17, 15) is 13.6 Å². The molecule has 0 amide bonds. The zero-order chi connectivity index (χ0) is 30.3. The van der Waals surface area contributed by atoms with Crippen molar-refractivity contribution < 1.29 is 27.4 Å². The van der Waals surface area contributed by atoms with Gasteiger partial charge in [0.15, 0.2) is 28.8 Å². The summed E-state index contributed by atoms with van der Waals surface area (Å²) in [6.45, 7) is 0.933. The number of methoxy groups -OCH3 is 1. The molecule has 4 heterocycles. The number of hydrogen-bond acceptors (Lipinski definition) is 10. The lowest BCUT2D eigenvalue weighted by Gasteiger charge is -2.42. The van der Waals surface area contributed by atoms with Crippen LogP contribution in [0.3, 0.4) is 0 Å². The number of aromatic nitrogens is 5. The van der Waals surface area contributed by atoms with Crippen molar-refractivity contribution in [2.24, 2.45) is 11.7 Å². The average Bonchev–Trinajstić information content (AvgIpc) is 3.74. The highest BCUT2D eigenvalue weighted by molar-refractivity contribution is 5.82. The summed E-state index contributed by atoms with van der Waals surface area (Å²) in [5, 5.41) is 0. The lowest BCUT2D eigenvalue weighted by atomic mass is 9.86. The SMILES string of the molecule is COc1c(-c2ccc(OC(=O)C3CC3)c(F)c2)ncc(N2CCC[C@](N)(CC(F)F)C2)c1Cn1cnc2c(N)ncnc21. The van der Waals surface area contributed by atoms with E-state index in [1.54, 1.807) is 23.2 Å². The zero-order valence-electron chi connectivity index (χ0n) is 23.5. The molecule has 0 unspecified atom stereocenters. The average molecular weight is 597 g/mol. The summed E-state index contributed by atoms with van der Waals surface area (Å²) in [6, 6.07) is 4.22. The quantitative estimate of drug-likeness (QED) is 0.215. The first-order chi connectivity index (χ1) is 20.7. The Hall–Kier alpha value is -4.46. The van der Waals surface area contributed by atoms with Crippen LogP contribution in [-0.4, -0.2) is 62.6 Å². The fourth-order valence-corrected chi connectivity index (χ4v) is 5.64. The number of carbonyl (C=O) groups is 1. The Morgan fingerprint density at radius 2 is 2.02 bits per heavy atom. The van der Waals surface area contributed by atoms with Gasteiger partial charge in [-0.2, -0.15) is 0 Å². The van der Waals surface area contributed by atoms with E-state index in [1.807, 2.05) is 4.90 Å². The molecular formula is C29H31F3N8O3. The van der Waals surface area contributed by atoms with Crippen LogP contribution in [0.25, 0.3) is 22.4 Å². The predicted octanol–water partition coefficient (Wildman–Crippen LogP) is 3.93. The van der Waals surface area contributed by atoms with E-state index in [4.69, 9.17) is 20.9 Å². The van der Waals surface area contributed by atoms with E-state index in [1.165, 1.54) is 25.6 Å². The van der Waals surface area contributed by atoms with Gasteiger partial charge in [-0.3, -0.25) is 9.78 Å². The maximum Gasteiger partial charge on any atom is 0.314 e. The number of halogens is 3. The lowest BCUT2D eigenvalue weighted by Crippen LogP contribution is -2.55. The van der Waals surface area contributed by atoms with Crippen molar-refractivity contribution in [3.8, 4) is 22.8 Å². The third kappa shape index (κ3) is 5.78. The Morgan fingerprint density at radius 3 is 2.74 bits per heavy atom. The van der Waals surface area contributed by atoms with Gasteiger partial charge >= 0.3 is 5.97 Å². The first-order valence-corrected chi connectivity index (χ1v) is 14.0. The number of imidazole rings is 1. The van der Waals surface area contributed by atoms with Gasteiger partial charge in [0, 0.05) is 36.2 Å². The minimum Gasteiger partial charge on any atom is -0.494 e. The fourth-order valence-electron chi connectivity index (χ4n) is 5.64. The summed E-state index contributed by atoms with van der Waals surface area (Å²) >= 11 is 0. The van der Waals surface area contributed by atoms with Crippen LogP contribution in [0.15, 0.2) is 37.1 Å². The minimum absolute atomic E-state index is 0.162. The molecule has 4 aromatic rings. The topological polar surface area (TPSA) is 147 Å². The van der Waals surface area contributed by atoms with Crippen molar-refractivity contribution in [2.75, 3.05) is 30.8 Å². The summed E-state index contributed by atoms with van der Waals surface area (Å²) in [5.74, 6) is -0.949. The van der Waals surface area contributed by atoms with Crippen LogP contribution in [0.1, 0.15) is 37.7 Å². The largest absolute Gasteiger partial charge is 0.494 e. The van der Waals surface area contributed by atoms with Crippen molar-refractivity contribution in [3.63, 3.8) is 0 Å². The van der Waals surface area contributed by atoms with E-state index >= 15 is 4.39 Å². The monoisotopic (exact) mass is 596 g/mol. The molecule has 1 aromatic carbocycles. The fraction of sp³-hybridized carbons (Fsp3) is 0.414. The van der Waals surface area contributed by atoms with E-state index < -0.39 is 30.2 Å². The van der Waals surface area contributed by atoms with Crippen molar-refractivity contribution in [2.45, 2.75) is 50.6 Å². The Bertz CT molecular complexity index is 1680. The first kappa shape index (κ1) is 28.6. The molecule has 0 spiro atoms. The molecule has 2 aliphatic rings. The Labute approximate surface area is 245 Å².